The van der Waals surface area contributed by atoms with Gasteiger partial charge in [0.1, 0.15) is 5.60 Å². The van der Waals surface area contributed by atoms with E-state index in [1.807, 2.05) is 13.0 Å². The first kappa shape index (κ1) is 11.2. The van der Waals surface area contributed by atoms with Crippen LogP contribution in [0, 0.1) is 0 Å². The van der Waals surface area contributed by atoms with E-state index in [0.717, 1.165) is 12.2 Å². The summed E-state index contributed by atoms with van der Waals surface area (Å²) in [6, 6.07) is 4.97. The molecule has 4 heteroatoms. The average Bonchev–Trinajstić information content (AvgIpc) is 2.68. The van der Waals surface area contributed by atoms with E-state index in [2.05, 4.69) is 0 Å². The van der Waals surface area contributed by atoms with Gasteiger partial charge in [0.15, 0.2) is 11.5 Å². The standard InChI is InChI=1S/C12H14O3S/c1-12(6-3-7-15-12)8-16-10-5-2-4-9(13)11(10)14/h2-5,7,13-14H,6,8H2,1H3. The zero-order valence-corrected chi connectivity index (χ0v) is 9.83. The van der Waals surface area contributed by atoms with Gasteiger partial charge in [0.2, 0.25) is 0 Å². The topological polar surface area (TPSA) is 49.7 Å². The van der Waals surface area contributed by atoms with E-state index in [1.54, 1.807) is 18.4 Å². The summed E-state index contributed by atoms with van der Waals surface area (Å²) in [5.74, 6) is 0.597. The van der Waals surface area contributed by atoms with Gasteiger partial charge < -0.3 is 14.9 Å². The monoisotopic (exact) mass is 238 g/mol. The van der Waals surface area contributed by atoms with Crippen molar-refractivity contribution in [2.75, 3.05) is 5.75 Å². The van der Waals surface area contributed by atoms with Crippen LogP contribution in [0.3, 0.4) is 0 Å². The Labute approximate surface area is 98.8 Å². The van der Waals surface area contributed by atoms with E-state index < -0.39 is 0 Å². The van der Waals surface area contributed by atoms with Crippen molar-refractivity contribution in [1.29, 1.82) is 0 Å². The molecule has 0 saturated carbocycles. The van der Waals surface area contributed by atoms with Gasteiger partial charge in [-0.15, -0.1) is 11.8 Å². The summed E-state index contributed by atoms with van der Waals surface area (Å²) in [4.78, 5) is 0.678. The predicted molar refractivity (Wildman–Crippen MR) is 63.7 cm³/mol. The van der Waals surface area contributed by atoms with Gasteiger partial charge in [-0.2, -0.15) is 0 Å². The smallest absolute Gasteiger partial charge is 0.171 e. The van der Waals surface area contributed by atoms with Crippen molar-refractivity contribution in [3.05, 3.63) is 30.5 Å². The van der Waals surface area contributed by atoms with Gasteiger partial charge in [0.25, 0.3) is 0 Å². The number of ether oxygens (including phenoxy) is 1. The molecule has 86 valence electrons. The molecule has 0 spiro atoms. The molecule has 16 heavy (non-hydrogen) atoms. The highest BCUT2D eigenvalue weighted by Gasteiger charge is 2.27. The van der Waals surface area contributed by atoms with E-state index in [-0.39, 0.29) is 17.1 Å². The summed E-state index contributed by atoms with van der Waals surface area (Å²) in [7, 11) is 0. The summed E-state index contributed by atoms with van der Waals surface area (Å²) in [5, 5.41) is 19.0. The second-order valence-corrected chi connectivity index (χ2v) is 5.07. The number of thioether (sulfide) groups is 1. The molecule has 0 aromatic heterocycles. The maximum absolute atomic E-state index is 9.63. The lowest BCUT2D eigenvalue weighted by molar-refractivity contribution is 0.0877. The molecule has 1 heterocycles. The molecule has 0 radical (unpaired) electrons. The van der Waals surface area contributed by atoms with E-state index in [4.69, 9.17) is 4.74 Å². The van der Waals surface area contributed by atoms with E-state index in [1.165, 1.54) is 17.8 Å². The highest BCUT2D eigenvalue weighted by molar-refractivity contribution is 7.99. The number of benzene rings is 1. The normalized spacial score (nSPS) is 23.3. The minimum Gasteiger partial charge on any atom is -0.504 e. The summed E-state index contributed by atoms with van der Waals surface area (Å²) in [6.45, 7) is 2.03. The van der Waals surface area contributed by atoms with Crippen LogP contribution in [-0.2, 0) is 4.74 Å². The van der Waals surface area contributed by atoms with E-state index in [0.29, 0.717) is 4.90 Å². The molecule has 0 fully saturated rings. The van der Waals surface area contributed by atoms with Crippen LogP contribution in [0.1, 0.15) is 13.3 Å². The Kier molecular flexibility index (Phi) is 3.01. The van der Waals surface area contributed by atoms with Gasteiger partial charge in [-0.1, -0.05) is 6.07 Å². The maximum Gasteiger partial charge on any atom is 0.171 e. The molecule has 1 unspecified atom stereocenters. The molecule has 0 amide bonds. The van der Waals surface area contributed by atoms with Crippen molar-refractivity contribution < 1.29 is 14.9 Å². The number of phenolic OH excluding ortho intramolecular Hbond substituents is 2. The molecule has 1 aliphatic heterocycles. The average molecular weight is 238 g/mol. The lowest BCUT2D eigenvalue weighted by Crippen LogP contribution is -2.25. The van der Waals surface area contributed by atoms with Crippen molar-refractivity contribution >= 4 is 11.8 Å². The molecule has 1 atom stereocenters. The Bertz CT molecular complexity index is 407. The number of para-hydroxylation sites is 1. The van der Waals surface area contributed by atoms with Gasteiger partial charge >= 0.3 is 0 Å². The Morgan fingerprint density at radius 3 is 2.94 bits per heavy atom. The fourth-order valence-electron chi connectivity index (χ4n) is 1.51. The lowest BCUT2D eigenvalue weighted by Gasteiger charge is -2.23. The molecule has 0 aliphatic carbocycles. The highest BCUT2D eigenvalue weighted by Crippen LogP contribution is 2.38. The molecular formula is C12H14O3S. The third kappa shape index (κ3) is 2.27. The van der Waals surface area contributed by atoms with Gasteiger partial charge in [0, 0.05) is 12.2 Å². The van der Waals surface area contributed by atoms with Crippen molar-refractivity contribution in [3.63, 3.8) is 0 Å². The zero-order chi connectivity index (χ0) is 11.6. The molecule has 1 aromatic rings. The number of rotatable bonds is 3. The Hall–Kier alpha value is -1.29. The molecule has 0 bridgehead atoms. The summed E-state index contributed by atoms with van der Waals surface area (Å²) in [6.07, 6.45) is 4.57. The fourth-order valence-corrected chi connectivity index (χ4v) is 2.57. The van der Waals surface area contributed by atoms with E-state index in [9.17, 15) is 10.2 Å². The van der Waals surface area contributed by atoms with Crippen molar-refractivity contribution in [2.45, 2.75) is 23.8 Å². The number of hydrogen-bond donors (Lipinski definition) is 2. The molecular weight excluding hydrogens is 224 g/mol. The lowest BCUT2D eigenvalue weighted by atomic mass is 10.1. The molecule has 1 aliphatic rings. The predicted octanol–water partition coefficient (Wildman–Crippen LogP) is 2.88. The molecule has 2 rings (SSSR count). The minimum atomic E-state index is -0.206. The van der Waals surface area contributed by atoms with Crippen LogP contribution in [0.25, 0.3) is 0 Å². The van der Waals surface area contributed by atoms with Crippen LogP contribution in [0.2, 0.25) is 0 Å². The first-order chi connectivity index (χ1) is 7.61. The van der Waals surface area contributed by atoms with Crippen LogP contribution in [0.15, 0.2) is 35.4 Å². The second kappa shape index (κ2) is 4.29. The molecule has 3 nitrogen and oxygen atoms in total. The summed E-state index contributed by atoms with van der Waals surface area (Å²) < 4.78 is 5.49. The van der Waals surface area contributed by atoms with Gasteiger partial charge in [0.05, 0.1) is 11.2 Å². The SMILES string of the molecule is CC1(CSc2cccc(O)c2O)CC=CO1. The van der Waals surface area contributed by atoms with E-state index >= 15 is 0 Å². The molecule has 0 saturated heterocycles. The third-order valence-corrected chi connectivity index (χ3v) is 3.90. The highest BCUT2D eigenvalue weighted by atomic mass is 32.2. The van der Waals surface area contributed by atoms with Crippen LogP contribution in [0.5, 0.6) is 11.5 Å². The number of hydrogen-bond acceptors (Lipinski definition) is 4. The summed E-state index contributed by atoms with van der Waals surface area (Å²) in [5.41, 5.74) is -0.206. The van der Waals surface area contributed by atoms with Crippen molar-refractivity contribution in [1.82, 2.24) is 0 Å². The maximum atomic E-state index is 9.63. The molecule has 2 N–H and O–H groups in total. The van der Waals surface area contributed by atoms with Crippen LogP contribution in [0.4, 0.5) is 0 Å². The van der Waals surface area contributed by atoms with Crippen LogP contribution >= 0.6 is 11.8 Å². The second-order valence-electron chi connectivity index (χ2n) is 4.06. The Morgan fingerprint density at radius 1 is 1.44 bits per heavy atom. The van der Waals surface area contributed by atoms with Gasteiger partial charge in [-0.25, -0.2) is 0 Å². The van der Waals surface area contributed by atoms with Gasteiger partial charge in [-0.05, 0) is 25.1 Å². The first-order valence-corrected chi connectivity index (χ1v) is 6.06. The van der Waals surface area contributed by atoms with Gasteiger partial charge in [-0.3, -0.25) is 0 Å². The number of aromatic hydroxyl groups is 2. The number of phenols is 2. The van der Waals surface area contributed by atoms with Crippen LogP contribution in [-0.4, -0.2) is 21.6 Å². The Balaban J connectivity index is 2.02. The van der Waals surface area contributed by atoms with Crippen molar-refractivity contribution in [3.8, 4) is 11.5 Å². The molecule has 1 aromatic carbocycles. The minimum absolute atomic E-state index is 0.0537. The van der Waals surface area contributed by atoms with Crippen molar-refractivity contribution in [2.24, 2.45) is 0 Å². The third-order valence-electron chi connectivity index (χ3n) is 2.51. The zero-order valence-electron chi connectivity index (χ0n) is 9.01. The largest absolute Gasteiger partial charge is 0.504 e. The fraction of sp³-hybridized carbons (Fsp3) is 0.333. The van der Waals surface area contributed by atoms with Crippen LogP contribution < -0.4 is 0 Å². The summed E-state index contributed by atoms with van der Waals surface area (Å²) >= 11 is 1.48. The Morgan fingerprint density at radius 2 is 2.25 bits per heavy atom. The first-order valence-electron chi connectivity index (χ1n) is 5.07. The quantitative estimate of drug-likeness (QED) is 0.628.